The minimum absolute atomic E-state index is 0.00486. The van der Waals surface area contributed by atoms with E-state index in [1.54, 1.807) is 0 Å². The van der Waals surface area contributed by atoms with Crippen molar-refractivity contribution in [2.24, 2.45) is 7.05 Å². The lowest BCUT2D eigenvalue weighted by Crippen LogP contribution is -2.46. The van der Waals surface area contributed by atoms with Gasteiger partial charge in [0.15, 0.2) is 0 Å². The number of aromatic nitrogens is 2. The lowest BCUT2D eigenvalue weighted by atomic mass is 9.90. The predicted molar refractivity (Wildman–Crippen MR) is 120 cm³/mol. The number of nitrogens with zero attached hydrogens (tertiary/aromatic N) is 2. The van der Waals surface area contributed by atoms with Crippen molar-refractivity contribution in [2.75, 3.05) is 6.54 Å². The van der Waals surface area contributed by atoms with Gasteiger partial charge >= 0.3 is 0 Å². The van der Waals surface area contributed by atoms with Crippen LogP contribution in [0.2, 0.25) is 0 Å². The maximum atomic E-state index is 13.3. The van der Waals surface area contributed by atoms with Crippen LogP contribution < -0.4 is 10.6 Å². The van der Waals surface area contributed by atoms with Crippen molar-refractivity contribution >= 4 is 5.91 Å². The molecule has 0 saturated carbocycles. The Balaban J connectivity index is 1.68. The van der Waals surface area contributed by atoms with Crippen LogP contribution in [-0.2, 0) is 7.05 Å². The van der Waals surface area contributed by atoms with Crippen LogP contribution in [0.1, 0.15) is 52.4 Å². The molecule has 1 aromatic heterocycles. The summed E-state index contributed by atoms with van der Waals surface area (Å²) in [5.74, 6) is -0.00486. The molecule has 4 rings (SSSR count). The highest BCUT2D eigenvalue weighted by Crippen LogP contribution is 2.28. The Labute approximate surface area is 178 Å². The molecule has 3 aromatic rings. The molecule has 0 bridgehead atoms. The molecule has 1 fully saturated rings. The van der Waals surface area contributed by atoms with Crippen molar-refractivity contribution in [3.8, 4) is 11.1 Å². The highest BCUT2D eigenvalue weighted by atomic mass is 16.1. The van der Waals surface area contributed by atoms with E-state index >= 15 is 0 Å². The molecule has 0 aliphatic carbocycles. The molecule has 0 radical (unpaired) electrons. The summed E-state index contributed by atoms with van der Waals surface area (Å²) in [7, 11) is 1.92. The quantitative estimate of drug-likeness (QED) is 0.668. The Hall–Kier alpha value is -2.92. The summed E-state index contributed by atoms with van der Waals surface area (Å²) in [6.07, 6.45) is 7.30. The molecule has 5 heteroatoms. The minimum Gasteiger partial charge on any atom is -0.344 e. The van der Waals surface area contributed by atoms with E-state index in [0.717, 1.165) is 46.3 Å². The van der Waals surface area contributed by atoms with Crippen molar-refractivity contribution in [3.63, 3.8) is 0 Å². The number of hydrogen-bond donors (Lipinski definition) is 2. The highest BCUT2D eigenvalue weighted by Gasteiger charge is 2.27. The Kier molecular flexibility index (Phi) is 6.00. The average molecular weight is 403 g/mol. The van der Waals surface area contributed by atoms with E-state index < -0.39 is 0 Å². The summed E-state index contributed by atoms with van der Waals surface area (Å²) in [6, 6.07) is 14.6. The fourth-order valence-electron chi connectivity index (χ4n) is 4.45. The van der Waals surface area contributed by atoms with Crippen molar-refractivity contribution < 1.29 is 4.79 Å². The van der Waals surface area contributed by atoms with E-state index in [1.165, 1.54) is 12.8 Å². The average Bonchev–Trinajstić information content (AvgIpc) is 3.19. The van der Waals surface area contributed by atoms with Crippen molar-refractivity contribution in [3.05, 3.63) is 77.1 Å². The largest absolute Gasteiger partial charge is 0.344 e. The first-order chi connectivity index (χ1) is 14.5. The molecule has 5 nitrogen and oxygen atoms in total. The van der Waals surface area contributed by atoms with E-state index in [4.69, 9.17) is 0 Å². The third-order valence-corrected chi connectivity index (χ3v) is 6.03. The normalized spacial score (nSPS) is 17.5. The van der Waals surface area contributed by atoms with Gasteiger partial charge in [-0.1, -0.05) is 42.8 Å². The maximum absolute atomic E-state index is 13.3. The predicted octanol–water partition coefficient (Wildman–Crippen LogP) is 4.32. The molecule has 2 aromatic carbocycles. The first-order valence-corrected chi connectivity index (χ1v) is 10.7. The van der Waals surface area contributed by atoms with Crippen LogP contribution in [0.15, 0.2) is 54.9 Å². The molecule has 2 atom stereocenters. The molecule has 1 saturated heterocycles. The second-order valence-electron chi connectivity index (χ2n) is 8.30. The summed E-state index contributed by atoms with van der Waals surface area (Å²) < 4.78 is 1.81. The second-order valence-corrected chi connectivity index (χ2v) is 8.30. The van der Waals surface area contributed by atoms with Gasteiger partial charge in [0.05, 0.1) is 12.2 Å². The van der Waals surface area contributed by atoms with Crippen molar-refractivity contribution in [1.29, 1.82) is 0 Å². The van der Waals surface area contributed by atoms with E-state index in [9.17, 15) is 4.79 Å². The number of benzene rings is 2. The number of nitrogens with one attached hydrogen (secondary N) is 2. The van der Waals surface area contributed by atoms with E-state index in [-0.39, 0.29) is 18.0 Å². The van der Waals surface area contributed by atoms with Gasteiger partial charge in [0, 0.05) is 30.4 Å². The van der Waals surface area contributed by atoms with Gasteiger partial charge in [0.25, 0.3) is 5.91 Å². The second kappa shape index (κ2) is 8.84. The summed E-state index contributed by atoms with van der Waals surface area (Å²) in [4.78, 5) is 13.3. The molecule has 1 aliphatic heterocycles. The van der Waals surface area contributed by atoms with Crippen LogP contribution in [0.4, 0.5) is 0 Å². The Morgan fingerprint density at radius 3 is 2.57 bits per heavy atom. The van der Waals surface area contributed by atoms with Gasteiger partial charge < -0.3 is 10.6 Å². The van der Waals surface area contributed by atoms with Crippen LogP contribution in [0.5, 0.6) is 0 Å². The first kappa shape index (κ1) is 20.4. The zero-order valence-electron chi connectivity index (χ0n) is 18.0. The van der Waals surface area contributed by atoms with Gasteiger partial charge in [-0.3, -0.25) is 9.48 Å². The Morgan fingerprint density at radius 1 is 1.13 bits per heavy atom. The smallest absolute Gasteiger partial charge is 0.252 e. The number of amides is 1. The topological polar surface area (TPSA) is 59.0 Å². The fraction of sp³-hybridized carbons (Fsp3) is 0.360. The molecule has 1 amide bonds. The number of carbonyl (C=O) groups excluding carboxylic acids is 1. The Morgan fingerprint density at radius 2 is 1.90 bits per heavy atom. The van der Waals surface area contributed by atoms with Crippen LogP contribution in [0.25, 0.3) is 11.1 Å². The Bertz CT molecular complexity index is 1010. The summed E-state index contributed by atoms with van der Waals surface area (Å²) in [6.45, 7) is 4.99. The number of aryl methyl sites for hydroxylation is 3. The van der Waals surface area contributed by atoms with Crippen LogP contribution in [0.3, 0.4) is 0 Å². The van der Waals surface area contributed by atoms with Gasteiger partial charge in [0.2, 0.25) is 0 Å². The summed E-state index contributed by atoms with van der Waals surface area (Å²) in [5.41, 5.74) is 6.11. The van der Waals surface area contributed by atoms with Gasteiger partial charge in [-0.2, -0.15) is 5.10 Å². The van der Waals surface area contributed by atoms with Gasteiger partial charge in [-0.25, -0.2) is 0 Å². The zero-order valence-corrected chi connectivity index (χ0v) is 18.0. The number of carbonyl (C=O) groups is 1. The SMILES string of the molecule is Cc1cccc(C)c1C(=O)N[C@@H](c1cccc(-c2cnn(C)c2)c1)[C@@H]1CCCCN1. The van der Waals surface area contributed by atoms with Gasteiger partial charge in [-0.05, 0) is 61.6 Å². The molecule has 30 heavy (non-hydrogen) atoms. The molecule has 2 heterocycles. The van der Waals surface area contributed by atoms with Crippen molar-refractivity contribution in [2.45, 2.75) is 45.2 Å². The van der Waals surface area contributed by atoms with Gasteiger partial charge in [-0.15, -0.1) is 0 Å². The molecule has 0 spiro atoms. The van der Waals surface area contributed by atoms with Gasteiger partial charge in [0.1, 0.15) is 0 Å². The number of rotatable bonds is 5. The van der Waals surface area contributed by atoms with E-state index in [2.05, 4.69) is 40.0 Å². The van der Waals surface area contributed by atoms with Crippen LogP contribution in [0, 0.1) is 13.8 Å². The summed E-state index contributed by atoms with van der Waals surface area (Å²) >= 11 is 0. The lowest BCUT2D eigenvalue weighted by molar-refractivity contribution is 0.0921. The molecule has 2 N–H and O–H groups in total. The number of piperidine rings is 1. The van der Waals surface area contributed by atoms with E-state index in [0.29, 0.717) is 0 Å². The maximum Gasteiger partial charge on any atom is 0.252 e. The number of hydrogen-bond acceptors (Lipinski definition) is 3. The molecule has 156 valence electrons. The van der Waals surface area contributed by atoms with E-state index in [1.807, 2.05) is 56.2 Å². The molecule has 1 aliphatic rings. The lowest BCUT2D eigenvalue weighted by Gasteiger charge is -2.33. The molecule has 0 unspecified atom stereocenters. The first-order valence-electron chi connectivity index (χ1n) is 10.7. The third kappa shape index (κ3) is 4.31. The summed E-state index contributed by atoms with van der Waals surface area (Å²) in [5, 5.41) is 11.3. The minimum atomic E-state index is -0.0894. The monoisotopic (exact) mass is 402 g/mol. The van der Waals surface area contributed by atoms with Crippen LogP contribution in [-0.4, -0.2) is 28.3 Å². The van der Waals surface area contributed by atoms with Crippen LogP contribution >= 0.6 is 0 Å². The standard InChI is InChI=1S/C25H30N4O/c1-17-8-6-9-18(2)23(17)25(30)28-24(22-12-4-5-13-26-22)20-11-7-10-19(14-20)21-15-27-29(3)16-21/h6-11,14-16,22,24,26H,4-5,12-13H2,1-3H3,(H,28,30)/t22-,24-/m0/s1. The molecular weight excluding hydrogens is 372 g/mol. The highest BCUT2D eigenvalue weighted by molar-refractivity contribution is 5.97. The third-order valence-electron chi connectivity index (χ3n) is 6.03. The van der Waals surface area contributed by atoms with Crippen molar-refractivity contribution in [1.82, 2.24) is 20.4 Å². The molecular formula is C25H30N4O. The fourth-order valence-corrected chi connectivity index (χ4v) is 4.45. The zero-order chi connectivity index (χ0) is 21.1.